The van der Waals surface area contributed by atoms with Crippen LogP contribution in [0.2, 0.25) is 0 Å². The number of aromatic amines is 1. The van der Waals surface area contributed by atoms with Gasteiger partial charge in [0.1, 0.15) is 5.39 Å². The van der Waals surface area contributed by atoms with Gasteiger partial charge in [-0.05, 0) is 56.0 Å². The number of carbonyl (C=O) groups excluding carboxylic acids is 1. The van der Waals surface area contributed by atoms with Crippen molar-refractivity contribution in [2.75, 3.05) is 32.5 Å². The molecule has 0 unspecified atom stereocenters. The van der Waals surface area contributed by atoms with Crippen molar-refractivity contribution in [3.05, 3.63) is 46.9 Å². The number of benzene rings is 1. The lowest BCUT2D eigenvalue weighted by atomic mass is 9.83. The third kappa shape index (κ3) is 5.80. The van der Waals surface area contributed by atoms with E-state index < -0.39 is 15.6 Å². The number of nitrogens with zero attached hydrogens (tertiary/aromatic N) is 5. The molecule has 224 valence electrons. The third-order valence-corrected chi connectivity index (χ3v) is 10.6. The van der Waals surface area contributed by atoms with Crippen molar-refractivity contribution in [1.29, 1.82) is 5.26 Å². The van der Waals surface area contributed by atoms with Gasteiger partial charge in [0.25, 0.3) is 5.56 Å². The van der Waals surface area contributed by atoms with Crippen molar-refractivity contribution in [2.45, 2.75) is 74.6 Å². The number of sulfonamides is 1. The van der Waals surface area contributed by atoms with Gasteiger partial charge in [0.05, 0.1) is 28.4 Å². The topological polar surface area (TPSA) is 144 Å². The molecule has 42 heavy (non-hydrogen) atoms. The smallest absolute Gasteiger partial charge is 0.261 e. The summed E-state index contributed by atoms with van der Waals surface area (Å²) in [6.07, 6.45) is 10.6. The van der Waals surface area contributed by atoms with Gasteiger partial charge in [0.2, 0.25) is 15.9 Å². The van der Waals surface area contributed by atoms with E-state index in [-0.39, 0.29) is 28.7 Å². The van der Waals surface area contributed by atoms with Crippen molar-refractivity contribution in [1.82, 2.24) is 24.0 Å². The van der Waals surface area contributed by atoms with Gasteiger partial charge < -0.3 is 15.2 Å². The fourth-order valence-electron chi connectivity index (χ4n) is 6.30. The average molecular weight is 594 g/mol. The van der Waals surface area contributed by atoms with Gasteiger partial charge in [-0.15, -0.1) is 0 Å². The average Bonchev–Trinajstić information content (AvgIpc) is 3.33. The molecule has 0 spiro atoms. The van der Waals surface area contributed by atoms with Crippen LogP contribution in [0.1, 0.15) is 64.2 Å². The Labute approximate surface area is 246 Å². The minimum absolute atomic E-state index is 0.0766. The molecule has 1 amide bonds. The monoisotopic (exact) mass is 593 g/mol. The number of pyridine rings is 1. The summed E-state index contributed by atoms with van der Waals surface area (Å²) >= 11 is 0. The number of amides is 1. The van der Waals surface area contributed by atoms with Crippen LogP contribution in [0.15, 0.2) is 46.2 Å². The van der Waals surface area contributed by atoms with Crippen LogP contribution >= 0.6 is 0 Å². The molecule has 1 saturated heterocycles. The van der Waals surface area contributed by atoms with E-state index in [0.29, 0.717) is 48.3 Å². The highest BCUT2D eigenvalue weighted by molar-refractivity contribution is 7.89. The number of likely N-dealkylation sites (tertiary alicyclic amines) is 1. The molecule has 2 aliphatic rings. The Kier molecular flexibility index (Phi) is 8.70. The number of fused-ring (bicyclic) bond motifs is 1. The molecule has 0 atom stereocenters. The fourth-order valence-corrected chi connectivity index (χ4v) is 7.20. The highest BCUT2D eigenvalue weighted by Crippen LogP contribution is 2.38. The lowest BCUT2D eigenvalue weighted by Crippen LogP contribution is -2.49. The molecular weight excluding hydrogens is 554 g/mol. The molecule has 0 radical (unpaired) electrons. The fraction of sp³-hybridized carbons (Fsp3) is 0.533. The molecule has 2 N–H and O–H groups in total. The van der Waals surface area contributed by atoms with Crippen LogP contribution in [0.3, 0.4) is 0 Å². The minimum atomic E-state index is -3.58. The molecule has 1 aromatic carbocycles. The molecule has 12 heteroatoms. The summed E-state index contributed by atoms with van der Waals surface area (Å²) in [6.45, 7) is 1.07. The lowest BCUT2D eigenvalue weighted by molar-refractivity contribution is -0.138. The SMILES string of the molecule is CN(C)S(=O)(=O)c1ccc(Nc2nn(C3(CC#N)CCN(C(=O)C4CCCCCCC4)CC3)c3cc[nH]c(=O)c23)cc1. The molecule has 0 bridgehead atoms. The van der Waals surface area contributed by atoms with E-state index >= 15 is 0 Å². The third-order valence-electron chi connectivity index (χ3n) is 8.82. The zero-order valence-electron chi connectivity index (χ0n) is 24.3. The number of aromatic nitrogens is 3. The summed E-state index contributed by atoms with van der Waals surface area (Å²) in [6, 6.07) is 10.4. The molecule has 2 fully saturated rings. The van der Waals surface area contributed by atoms with Crippen molar-refractivity contribution in [3.8, 4) is 6.07 Å². The van der Waals surface area contributed by atoms with Crippen LogP contribution in [-0.2, 0) is 20.4 Å². The van der Waals surface area contributed by atoms with Crippen LogP contribution in [0, 0.1) is 17.2 Å². The van der Waals surface area contributed by atoms with Crippen molar-refractivity contribution in [2.24, 2.45) is 5.92 Å². The quantitative estimate of drug-likeness (QED) is 0.415. The number of H-pyrrole nitrogens is 1. The second kappa shape index (κ2) is 12.3. The predicted octanol–water partition coefficient (Wildman–Crippen LogP) is 4.31. The first kappa shape index (κ1) is 29.8. The maximum atomic E-state index is 13.5. The number of piperidine rings is 1. The summed E-state index contributed by atoms with van der Waals surface area (Å²) in [7, 11) is -0.633. The molecular formula is C30H39N7O4S. The standard InChI is InChI=1S/C30H39N7O4S/c1-35(2)42(40,41)24-12-10-23(11-13-24)33-27-26-25(14-19-32-28(26)38)37(34-27)30(15-18-31)16-20-36(21-17-30)29(39)22-8-6-4-3-5-7-9-22/h10-14,19,22H,3-9,15-17,20-21H2,1-2H3,(H,32,38)(H,33,34). The number of nitrogens with one attached hydrogen (secondary N) is 2. The van der Waals surface area contributed by atoms with Gasteiger partial charge in [-0.2, -0.15) is 10.4 Å². The molecule has 11 nitrogen and oxygen atoms in total. The summed E-state index contributed by atoms with van der Waals surface area (Å²) in [5.74, 6) is 0.625. The Balaban J connectivity index is 1.43. The van der Waals surface area contributed by atoms with Gasteiger partial charge in [0, 0.05) is 45.0 Å². The van der Waals surface area contributed by atoms with Crippen LogP contribution in [0.4, 0.5) is 11.5 Å². The van der Waals surface area contributed by atoms with Crippen LogP contribution in [0.5, 0.6) is 0 Å². The Morgan fingerprint density at radius 3 is 2.36 bits per heavy atom. The first-order valence-corrected chi connectivity index (χ1v) is 16.2. The molecule has 1 aliphatic heterocycles. The van der Waals surface area contributed by atoms with Gasteiger partial charge in [-0.3, -0.25) is 14.3 Å². The Bertz CT molecular complexity index is 1620. The number of carbonyl (C=O) groups is 1. The van der Waals surface area contributed by atoms with Crippen molar-refractivity contribution < 1.29 is 13.2 Å². The highest BCUT2D eigenvalue weighted by atomic mass is 32.2. The number of hydrogen-bond acceptors (Lipinski definition) is 7. The Morgan fingerprint density at radius 2 is 1.74 bits per heavy atom. The summed E-state index contributed by atoms with van der Waals surface area (Å²) in [5, 5.41) is 18.3. The van der Waals surface area contributed by atoms with Crippen molar-refractivity contribution in [3.63, 3.8) is 0 Å². The molecule has 3 aromatic rings. The summed E-state index contributed by atoms with van der Waals surface area (Å²) in [5.41, 5.74) is 0.166. The summed E-state index contributed by atoms with van der Waals surface area (Å²) < 4.78 is 27.9. The van der Waals surface area contributed by atoms with Crippen LogP contribution < -0.4 is 10.9 Å². The van der Waals surface area contributed by atoms with Gasteiger partial charge >= 0.3 is 0 Å². The minimum Gasteiger partial charge on any atom is -0.342 e. The maximum Gasteiger partial charge on any atom is 0.261 e. The predicted molar refractivity (Wildman–Crippen MR) is 161 cm³/mol. The van der Waals surface area contributed by atoms with E-state index in [1.807, 2.05) is 4.90 Å². The molecule has 1 aliphatic carbocycles. The molecule has 3 heterocycles. The van der Waals surface area contributed by atoms with E-state index in [1.165, 1.54) is 45.5 Å². The lowest BCUT2D eigenvalue weighted by Gasteiger charge is -2.42. The highest BCUT2D eigenvalue weighted by Gasteiger charge is 2.41. The van der Waals surface area contributed by atoms with Gasteiger partial charge in [0.15, 0.2) is 5.82 Å². The van der Waals surface area contributed by atoms with Crippen LogP contribution in [-0.4, -0.2) is 65.5 Å². The van der Waals surface area contributed by atoms with Crippen molar-refractivity contribution >= 4 is 38.3 Å². The number of hydrogen-bond donors (Lipinski definition) is 2. The van der Waals surface area contributed by atoms with E-state index in [1.54, 1.807) is 29.1 Å². The zero-order chi connectivity index (χ0) is 29.9. The Hall–Kier alpha value is -3.69. The van der Waals surface area contributed by atoms with E-state index in [2.05, 4.69) is 16.4 Å². The first-order chi connectivity index (χ1) is 20.2. The van der Waals surface area contributed by atoms with E-state index in [4.69, 9.17) is 5.10 Å². The molecule has 2 aromatic heterocycles. The van der Waals surface area contributed by atoms with Gasteiger partial charge in [-0.25, -0.2) is 12.7 Å². The molecule has 1 saturated carbocycles. The molecule has 5 rings (SSSR count). The first-order valence-electron chi connectivity index (χ1n) is 14.7. The second-order valence-electron chi connectivity index (χ2n) is 11.7. The van der Waals surface area contributed by atoms with E-state index in [0.717, 1.165) is 30.0 Å². The maximum absolute atomic E-state index is 13.5. The van der Waals surface area contributed by atoms with Crippen LogP contribution in [0.25, 0.3) is 10.9 Å². The zero-order valence-corrected chi connectivity index (χ0v) is 25.1. The van der Waals surface area contributed by atoms with E-state index in [9.17, 15) is 23.3 Å². The number of nitriles is 1. The number of anilines is 2. The second-order valence-corrected chi connectivity index (χ2v) is 13.8. The normalized spacial score (nSPS) is 18.4. The largest absolute Gasteiger partial charge is 0.342 e. The Morgan fingerprint density at radius 1 is 1.10 bits per heavy atom. The van der Waals surface area contributed by atoms with Gasteiger partial charge in [-0.1, -0.05) is 32.1 Å². The number of rotatable bonds is 7. The summed E-state index contributed by atoms with van der Waals surface area (Å²) in [4.78, 5) is 31.3.